The van der Waals surface area contributed by atoms with Crippen molar-refractivity contribution in [3.63, 3.8) is 0 Å². The van der Waals surface area contributed by atoms with Crippen molar-refractivity contribution >= 4 is 11.8 Å². The first-order chi connectivity index (χ1) is 8.43. The Bertz CT molecular complexity index is 339. The first-order valence-electron chi connectivity index (χ1n) is 6.43. The summed E-state index contributed by atoms with van der Waals surface area (Å²) in [5.74, 6) is 4.92. The Morgan fingerprint density at radius 1 is 1.33 bits per heavy atom. The number of hydrogen-bond donors (Lipinski definition) is 2. The summed E-state index contributed by atoms with van der Waals surface area (Å²) >= 11 is 0. The van der Waals surface area contributed by atoms with Crippen LogP contribution in [-0.2, 0) is 9.59 Å². The summed E-state index contributed by atoms with van der Waals surface area (Å²) in [6, 6.07) is -0.605. The van der Waals surface area contributed by atoms with Gasteiger partial charge in [0.05, 0.1) is 0 Å². The largest absolute Gasteiger partial charge is 0.368 e. The summed E-state index contributed by atoms with van der Waals surface area (Å²) in [7, 11) is 0. The van der Waals surface area contributed by atoms with Crippen LogP contribution in [0.5, 0.6) is 0 Å². The van der Waals surface area contributed by atoms with Crippen LogP contribution in [0.4, 0.5) is 0 Å². The van der Waals surface area contributed by atoms with Crippen LogP contribution in [0.1, 0.15) is 47.0 Å². The Morgan fingerprint density at radius 3 is 2.33 bits per heavy atom. The van der Waals surface area contributed by atoms with Gasteiger partial charge in [0.15, 0.2) is 0 Å². The fourth-order valence-electron chi connectivity index (χ4n) is 1.74. The maximum Gasteiger partial charge on any atom is 0.240 e. The fraction of sp³-hybridized carbons (Fsp3) is 0.714. The molecular weight excluding hydrogens is 228 g/mol. The van der Waals surface area contributed by atoms with Crippen LogP contribution in [0.3, 0.4) is 0 Å². The molecule has 0 aromatic rings. The van der Waals surface area contributed by atoms with Crippen LogP contribution in [0.15, 0.2) is 0 Å². The minimum absolute atomic E-state index is 0.00835. The molecule has 3 N–H and O–H groups in total. The first kappa shape index (κ1) is 16.5. The number of carbonyl (C=O) groups is 2. The third-order valence-electron chi connectivity index (χ3n) is 2.80. The van der Waals surface area contributed by atoms with Crippen LogP contribution in [-0.4, -0.2) is 17.9 Å². The zero-order chi connectivity index (χ0) is 14.1. The second-order valence-corrected chi connectivity index (χ2v) is 4.75. The molecule has 0 aromatic heterocycles. The zero-order valence-corrected chi connectivity index (χ0v) is 11.7. The van der Waals surface area contributed by atoms with E-state index in [9.17, 15) is 9.59 Å². The van der Waals surface area contributed by atoms with Gasteiger partial charge in [-0.05, 0) is 19.3 Å². The third kappa shape index (κ3) is 5.72. The molecule has 18 heavy (non-hydrogen) atoms. The number of hydrogen-bond acceptors (Lipinski definition) is 2. The van der Waals surface area contributed by atoms with Crippen LogP contribution >= 0.6 is 0 Å². The van der Waals surface area contributed by atoms with Gasteiger partial charge in [0.2, 0.25) is 11.8 Å². The number of nitrogens with two attached hydrogens (primary N) is 1. The highest BCUT2D eigenvalue weighted by Gasteiger charge is 2.25. The van der Waals surface area contributed by atoms with Gasteiger partial charge in [0.25, 0.3) is 0 Å². The lowest BCUT2D eigenvalue weighted by Gasteiger charge is -2.22. The van der Waals surface area contributed by atoms with Gasteiger partial charge >= 0.3 is 0 Å². The summed E-state index contributed by atoms with van der Waals surface area (Å²) in [5.41, 5.74) is 5.28. The van der Waals surface area contributed by atoms with E-state index in [4.69, 9.17) is 5.73 Å². The summed E-state index contributed by atoms with van der Waals surface area (Å²) in [6.45, 7) is 7.49. The lowest BCUT2D eigenvalue weighted by molar-refractivity contribution is -0.130. The molecule has 0 saturated heterocycles. The van der Waals surface area contributed by atoms with E-state index in [2.05, 4.69) is 17.2 Å². The Morgan fingerprint density at radius 2 is 1.94 bits per heavy atom. The number of rotatable bonds is 7. The van der Waals surface area contributed by atoms with Crippen LogP contribution in [0.25, 0.3) is 0 Å². The van der Waals surface area contributed by atoms with Crippen LogP contribution in [0, 0.1) is 23.7 Å². The van der Waals surface area contributed by atoms with Crippen molar-refractivity contribution in [3.8, 4) is 11.8 Å². The van der Waals surface area contributed by atoms with E-state index < -0.39 is 11.9 Å². The number of nitrogens with one attached hydrogen (secondary N) is 1. The lowest BCUT2D eigenvalue weighted by Crippen LogP contribution is -2.49. The number of primary amides is 1. The van der Waals surface area contributed by atoms with E-state index in [-0.39, 0.29) is 17.7 Å². The second kappa shape index (κ2) is 8.57. The van der Waals surface area contributed by atoms with Crippen molar-refractivity contribution < 1.29 is 9.59 Å². The van der Waals surface area contributed by atoms with Crippen molar-refractivity contribution in [1.29, 1.82) is 0 Å². The highest BCUT2D eigenvalue weighted by Crippen LogP contribution is 2.12. The topological polar surface area (TPSA) is 72.2 Å². The van der Waals surface area contributed by atoms with Gasteiger partial charge in [-0.15, -0.1) is 11.8 Å². The van der Waals surface area contributed by atoms with Crippen molar-refractivity contribution in [2.45, 2.75) is 53.0 Å². The Labute approximate surface area is 110 Å². The highest BCUT2D eigenvalue weighted by molar-refractivity contribution is 5.87. The third-order valence-corrected chi connectivity index (χ3v) is 2.80. The molecule has 0 radical (unpaired) electrons. The minimum Gasteiger partial charge on any atom is -0.368 e. The van der Waals surface area contributed by atoms with E-state index in [0.29, 0.717) is 6.42 Å². The molecule has 0 fully saturated rings. The number of carbonyl (C=O) groups excluding carboxylic acids is 2. The van der Waals surface area contributed by atoms with E-state index in [1.54, 1.807) is 6.92 Å². The Hall–Kier alpha value is -1.50. The van der Waals surface area contributed by atoms with E-state index in [0.717, 1.165) is 12.8 Å². The Balaban J connectivity index is 4.64. The highest BCUT2D eigenvalue weighted by atomic mass is 16.2. The lowest BCUT2D eigenvalue weighted by atomic mass is 9.97. The molecule has 102 valence electrons. The maximum absolute atomic E-state index is 12.1. The van der Waals surface area contributed by atoms with E-state index >= 15 is 0 Å². The van der Waals surface area contributed by atoms with Crippen molar-refractivity contribution in [3.05, 3.63) is 0 Å². The molecule has 0 aromatic carbocycles. The molecule has 0 bridgehead atoms. The van der Waals surface area contributed by atoms with Crippen molar-refractivity contribution in [2.75, 3.05) is 0 Å². The SMILES string of the molecule is CC#CC[C@@H](CCC)C(=O)N[C@H](C(N)=O)C(C)C. The first-order valence-corrected chi connectivity index (χ1v) is 6.43. The van der Waals surface area contributed by atoms with Gasteiger partial charge in [-0.2, -0.15) is 0 Å². The molecular formula is C14H24N2O2. The van der Waals surface area contributed by atoms with Gasteiger partial charge < -0.3 is 11.1 Å². The molecule has 4 heteroatoms. The Kier molecular flexibility index (Phi) is 7.86. The fourth-order valence-corrected chi connectivity index (χ4v) is 1.74. The molecule has 0 spiro atoms. The van der Waals surface area contributed by atoms with Gasteiger partial charge in [-0.25, -0.2) is 0 Å². The van der Waals surface area contributed by atoms with Gasteiger partial charge in [-0.1, -0.05) is 27.2 Å². The van der Waals surface area contributed by atoms with Crippen molar-refractivity contribution in [1.82, 2.24) is 5.32 Å². The molecule has 0 heterocycles. The molecule has 2 amide bonds. The van der Waals surface area contributed by atoms with E-state index in [1.165, 1.54) is 0 Å². The average molecular weight is 252 g/mol. The van der Waals surface area contributed by atoms with Crippen LogP contribution < -0.4 is 11.1 Å². The summed E-state index contributed by atoms with van der Waals surface area (Å²) in [6.07, 6.45) is 2.20. The molecule has 4 nitrogen and oxygen atoms in total. The molecule has 0 aliphatic heterocycles. The quantitative estimate of drug-likeness (QED) is 0.673. The predicted octanol–water partition coefficient (Wildman–Crippen LogP) is 1.44. The van der Waals surface area contributed by atoms with E-state index in [1.807, 2.05) is 20.8 Å². The smallest absolute Gasteiger partial charge is 0.240 e. The molecule has 0 aliphatic carbocycles. The van der Waals surface area contributed by atoms with Gasteiger partial charge in [0, 0.05) is 12.3 Å². The van der Waals surface area contributed by atoms with Gasteiger partial charge in [-0.3, -0.25) is 9.59 Å². The minimum atomic E-state index is -0.605. The maximum atomic E-state index is 12.1. The summed E-state index contributed by atoms with van der Waals surface area (Å²) in [5, 5.41) is 2.73. The molecule has 0 aliphatic rings. The molecule has 0 unspecified atom stereocenters. The zero-order valence-electron chi connectivity index (χ0n) is 11.7. The summed E-state index contributed by atoms with van der Waals surface area (Å²) < 4.78 is 0. The molecule has 0 rings (SSSR count). The van der Waals surface area contributed by atoms with Crippen molar-refractivity contribution in [2.24, 2.45) is 17.6 Å². The molecule has 0 saturated carbocycles. The monoisotopic (exact) mass is 252 g/mol. The second-order valence-electron chi connectivity index (χ2n) is 4.75. The van der Waals surface area contributed by atoms with Crippen LogP contribution in [0.2, 0.25) is 0 Å². The summed E-state index contributed by atoms with van der Waals surface area (Å²) in [4.78, 5) is 23.3. The normalized spacial score (nSPS) is 13.4. The van der Waals surface area contributed by atoms with Gasteiger partial charge in [0.1, 0.15) is 6.04 Å². The number of amides is 2. The predicted molar refractivity (Wildman–Crippen MR) is 72.4 cm³/mol. The standard InChI is InChI=1S/C14H24N2O2/c1-5-7-9-11(8-6-2)14(18)16-12(10(3)4)13(15)17/h10-12H,6,8-9H2,1-4H3,(H2,15,17)(H,16,18)/t11-,12+/m1/s1. The molecule has 2 atom stereocenters. The average Bonchev–Trinajstić information content (AvgIpc) is 2.30.